The third kappa shape index (κ3) is 2.62. The lowest BCUT2D eigenvalue weighted by molar-refractivity contribution is 0.00497. The van der Waals surface area contributed by atoms with Crippen LogP contribution in [0.15, 0.2) is 16.8 Å². The number of rotatable bonds is 3. The summed E-state index contributed by atoms with van der Waals surface area (Å²) in [7, 11) is 0. The third-order valence-electron chi connectivity index (χ3n) is 2.82. The lowest BCUT2D eigenvalue weighted by atomic mass is 9.98. The molecule has 0 radical (unpaired) electrons. The van der Waals surface area contributed by atoms with Gasteiger partial charge in [-0.15, -0.1) is 0 Å². The number of Topliss-reactive ketones (excluding diaryl/α,β-unsaturated/α-hetero) is 1. The molecule has 0 saturated heterocycles. The largest absolute Gasteiger partial charge is 0.294 e. The van der Waals surface area contributed by atoms with Gasteiger partial charge >= 0.3 is 0 Å². The van der Waals surface area contributed by atoms with Crippen molar-refractivity contribution < 1.29 is 13.6 Å². The molecular weight excluding hydrogens is 218 g/mol. The summed E-state index contributed by atoms with van der Waals surface area (Å²) in [6.45, 7) is 0. The van der Waals surface area contributed by atoms with Crippen molar-refractivity contribution in [3.8, 4) is 0 Å². The maximum absolute atomic E-state index is 12.9. The maximum atomic E-state index is 12.9. The Morgan fingerprint density at radius 3 is 2.93 bits per heavy atom. The van der Waals surface area contributed by atoms with E-state index in [-0.39, 0.29) is 31.0 Å². The van der Waals surface area contributed by atoms with Gasteiger partial charge in [0.05, 0.1) is 0 Å². The molecule has 15 heavy (non-hydrogen) atoms. The highest BCUT2D eigenvalue weighted by Crippen LogP contribution is 2.40. The van der Waals surface area contributed by atoms with Crippen molar-refractivity contribution >= 4 is 17.1 Å². The molecule has 1 saturated carbocycles. The van der Waals surface area contributed by atoms with E-state index in [1.54, 1.807) is 11.4 Å². The summed E-state index contributed by atoms with van der Waals surface area (Å²) in [6.07, 6.45) is 0.562. The normalized spacial score (nSPS) is 24.3. The van der Waals surface area contributed by atoms with Gasteiger partial charge in [0.2, 0.25) is 5.92 Å². The Morgan fingerprint density at radius 2 is 2.40 bits per heavy atom. The fourth-order valence-corrected chi connectivity index (χ4v) is 2.68. The Morgan fingerprint density at radius 1 is 1.60 bits per heavy atom. The van der Waals surface area contributed by atoms with Crippen LogP contribution in [0, 0.1) is 5.92 Å². The Balaban J connectivity index is 1.91. The molecule has 1 atom stereocenters. The van der Waals surface area contributed by atoms with Crippen LogP contribution in [0.25, 0.3) is 0 Å². The predicted octanol–water partition coefficient (Wildman–Crippen LogP) is 3.76. The van der Waals surface area contributed by atoms with Gasteiger partial charge in [0.25, 0.3) is 0 Å². The van der Waals surface area contributed by atoms with Gasteiger partial charge in [-0.05, 0) is 23.8 Å². The van der Waals surface area contributed by atoms with Gasteiger partial charge in [0.1, 0.15) is 0 Å². The summed E-state index contributed by atoms with van der Waals surface area (Å²) in [4.78, 5) is 11.6. The summed E-state index contributed by atoms with van der Waals surface area (Å²) in [6, 6.07) is 1.75. The van der Waals surface area contributed by atoms with E-state index in [9.17, 15) is 13.6 Å². The zero-order valence-electron chi connectivity index (χ0n) is 8.21. The molecule has 4 heteroatoms. The molecule has 1 aliphatic rings. The van der Waals surface area contributed by atoms with E-state index in [2.05, 4.69) is 0 Å². The van der Waals surface area contributed by atoms with E-state index in [1.807, 2.05) is 5.38 Å². The highest BCUT2D eigenvalue weighted by Gasteiger charge is 2.39. The lowest BCUT2D eigenvalue weighted by Gasteiger charge is -2.08. The summed E-state index contributed by atoms with van der Waals surface area (Å²) in [5.74, 6) is -2.68. The zero-order chi connectivity index (χ0) is 10.9. The smallest absolute Gasteiger partial charge is 0.248 e. The number of carbonyl (C=O) groups is 1. The number of alkyl halides is 2. The molecule has 0 N–H and O–H groups in total. The van der Waals surface area contributed by atoms with Gasteiger partial charge in [-0.1, -0.05) is 0 Å². The number of carbonyl (C=O) groups excluding carboxylic acids is 1. The van der Waals surface area contributed by atoms with E-state index in [0.717, 1.165) is 0 Å². The average Bonchev–Trinajstić information content (AvgIpc) is 2.74. The molecular formula is C11H12F2OS. The molecule has 2 rings (SSSR count). The van der Waals surface area contributed by atoms with Crippen LogP contribution in [0.3, 0.4) is 0 Å². The fourth-order valence-electron chi connectivity index (χ4n) is 2.02. The zero-order valence-corrected chi connectivity index (χ0v) is 9.03. The van der Waals surface area contributed by atoms with Gasteiger partial charge in [-0.3, -0.25) is 4.79 Å². The van der Waals surface area contributed by atoms with Crippen LogP contribution < -0.4 is 0 Å². The molecule has 1 unspecified atom stereocenters. The van der Waals surface area contributed by atoms with Crippen molar-refractivity contribution in [3.05, 3.63) is 22.4 Å². The summed E-state index contributed by atoms with van der Waals surface area (Å²) >= 11 is 1.46. The van der Waals surface area contributed by atoms with Gasteiger partial charge in [0.15, 0.2) is 5.78 Å². The van der Waals surface area contributed by atoms with E-state index in [0.29, 0.717) is 12.0 Å². The molecule has 0 bridgehead atoms. The van der Waals surface area contributed by atoms with Crippen LogP contribution in [0.1, 0.15) is 36.0 Å². The van der Waals surface area contributed by atoms with Crippen molar-refractivity contribution in [2.45, 2.75) is 31.6 Å². The first kappa shape index (κ1) is 10.7. The molecule has 0 spiro atoms. The van der Waals surface area contributed by atoms with Crippen molar-refractivity contribution in [3.63, 3.8) is 0 Å². The molecule has 1 aliphatic carbocycles. The number of hydrogen-bond donors (Lipinski definition) is 0. The summed E-state index contributed by atoms with van der Waals surface area (Å²) in [5, 5.41) is 3.60. The van der Waals surface area contributed by atoms with Crippen molar-refractivity contribution in [1.82, 2.24) is 0 Å². The maximum Gasteiger partial charge on any atom is 0.248 e. The minimum absolute atomic E-state index is 0.000972. The van der Waals surface area contributed by atoms with E-state index in [1.165, 1.54) is 11.3 Å². The number of halogens is 2. The number of hydrogen-bond acceptors (Lipinski definition) is 2. The highest BCUT2D eigenvalue weighted by molar-refractivity contribution is 7.08. The van der Waals surface area contributed by atoms with E-state index in [4.69, 9.17) is 0 Å². The second-order valence-electron chi connectivity index (χ2n) is 4.10. The third-order valence-corrected chi connectivity index (χ3v) is 3.51. The van der Waals surface area contributed by atoms with Crippen LogP contribution in [0.2, 0.25) is 0 Å². The first-order valence-corrected chi connectivity index (χ1v) is 5.94. The highest BCUT2D eigenvalue weighted by atomic mass is 32.1. The Bertz CT molecular complexity index is 345. The first-order chi connectivity index (χ1) is 7.07. The topological polar surface area (TPSA) is 17.1 Å². The molecule has 1 heterocycles. The fraction of sp³-hybridized carbons (Fsp3) is 0.545. The standard InChI is InChI=1S/C11H12F2OS/c12-11(13)3-1-8(6-11)5-10(14)9-2-4-15-7-9/h2,4,7-8H,1,3,5-6H2. The van der Waals surface area contributed by atoms with E-state index >= 15 is 0 Å². The van der Waals surface area contributed by atoms with Crippen LogP contribution in [0.5, 0.6) is 0 Å². The van der Waals surface area contributed by atoms with Gasteiger partial charge in [0, 0.05) is 30.2 Å². The Kier molecular flexibility index (Phi) is 2.87. The molecule has 0 aromatic carbocycles. The minimum Gasteiger partial charge on any atom is -0.294 e. The lowest BCUT2D eigenvalue weighted by Crippen LogP contribution is -2.11. The Labute approximate surface area is 91.1 Å². The molecule has 0 aliphatic heterocycles. The first-order valence-electron chi connectivity index (χ1n) is 5.00. The quantitative estimate of drug-likeness (QED) is 0.723. The van der Waals surface area contributed by atoms with Crippen LogP contribution >= 0.6 is 11.3 Å². The molecule has 1 nitrogen and oxygen atoms in total. The predicted molar refractivity (Wildman–Crippen MR) is 55.6 cm³/mol. The van der Waals surface area contributed by atoms with Gasteiger partial charge in [-0.25, -0.2) is 8.78 Å². The molecule has 1 aromatic heterocycles. The van der Waals surface area contributed by atoms with Crippen LogP contribution in [-0.2, 0) is 0 Å². The number of thiophene rings is 1. The van der Waals surface area contributed by atoms with Crippen LogP contribution in [-0.4, -0.2) is 11.7 Å². The van der Waals surface area contributed by atoms with Gasteiger partial charge < -0.3 is 0 Å². The van der Waals surface area contributed by atoms with E-state index < -0.39 is 5.92 Å². The van der Waals surface area contributed by atoms with Crippen molar-refractivity contribution in [2.75, 3.05) is 0 Å². The molecule has 1 fully saturated rings. The van der Waals surface area contributed by atoms with Crippen LogP contribution in [0.4, 0.5) is 8.78 Å². The van der Waals surface area contributed by atoms with Gasteiger partial charge in [-0.2, -0.15) is 11.3 Å². The monoisotopic (exact) mass is 230 g/mol. The van der Waals surface area contributed by atoms with Crippen molar-refractivity contribution in [2.24, 2.45) is 5.92 Å². The second-order valence-corrected chi connectivity index (χ2v) is 4.88. The average molecular weight is 230 g/mol. The summed E-state index contributed by atoms with van der Waals surface area (Å²) < 4.78 is 25.8. The van der Waals surface area contributed by atoms with Crippen molar-refractivity contribution in [1.29, 1.82) is 0 Å². The number of ketones is 1. The minimum atomic E-state index is -2.54. The second kappa shape index (κ2) is 4.00. The molecule has 82 valence electrons. The molecule has 1 aromatic rings. The molecule has 0 amide bonds. The summed E-state index contributed by atoms with van der Waals surface area (Å²) in [5.41, 5.74) is 0.662. The SMILES string of the molecule is O=C(CC1CCC(F)(F)C1)c1ccsc1. The Hall–Kier alpha value is -0.770.